The van der Waals surface area contributed by atoms with Gasteiger partial charge >= 0.3 is 0 Å². The number of benzene rings is 2. The molecule has 0 heterocycles. The van der Waals surface area contributed by atoms with Gasteiger partial charge in [0.05, 0.1) is 24.3 Å². The molecule has 23 heavy (non-hydrogen) atoms. The summed E-state index contributed by atoms with van der Waals surface area (Å²) in [5.41, 5.74) is 4.22. The van der Waals surface area contributed by atoms with E-state index in [1.54, 1.807) is 13.3 Å². The van der Waals surface area contributed by atoms with E-state index in [0.29, 0.717) is 0 Å². The molecular weight excluding hydrogens is 473 g/mol. The Hall–Kier alpha value is -1.61. The zero-order valence-corrected chi connectivity index (χ0v) is 16.1. The van der Waals surface area contributed by atoms with Crippen molar-refractivity contribution in [1.82, 2.24) is 5.43 Å². The summed E-state index contributed by atoms with van der Waals surface area (Å²) in [4.78, 5) is 11.7. The number of rotatable bonds is 6. The maximum absolute atomic E-state index is 11.7. The molecule has 0 saturated carbocycles. The average Bonchev–Trinajstić information content (AvgIpc) is 2.54. The van der Waals surface area contributed by atoms with Crippen LogP contribution in [0.15, 0.2) is 52.0 Å². The fourth-order valence-electron chi connectivity index (χ4n) is 1.73. The van der Waals surface area contributed by atoms with Crippen LogP contribution in [0.25, 0.3) is 0 Å². The van der Waals surface area contributed by atoms with Crippen molar-refractivity contribution in [2.24, 2.45) is 5.10 Å². The molecule has 1 amide bonds. The summed E-state index contributed by atoms with van der Waals surface area (Å²) in [5.74, 6) is 0.528. The minimum Gasteiger partial charge on any atom is -0.496 e. The number of hydrogen-bond donors (Lipinski definition) is 2. The number of carbonyl (C=O) groups is 1. The molecule has 0 aliphatic rings. The number of hydrazone groups is 1. The van der Waals surface area contributed by atoms with Crippen molar-refractivity contribution in [2.45, 2.75) is 0 Å². The molecule has 0 bridgehead atoms. The molecular formula is C16H15BrIN3O2. The molecule has 2 rings (SSSR count). The van der Waals surface area contributed by atoms with Gasteiger partial charge in [0, 0.05) is 9.26 Å². The number of amides is 1. The summed E-state index contributed by atoms with van der Waals surface area (Å²) in [6, 6.07) is 13.3. The van der Waals surface area contributed by atoms with Crippen molar-refractivity contribution in [1.29, 1.82) is 0 Å². The Morgan fingerprint density at radius 3 is 2.70 bits per heavy atom. The van der Waals surface area contributed by atoms with Gasteiger partial charge in [0.15, 0.2) is 0 Å². The Bertz CT molecular complexity index is 705. The van der Waals surface area contributed by atoms with Crippen LogP contribution in [-0.2, 0) is 4.79 Å². The van der Waals surface area contributed by atoms with Crippen LogP contribution in [0.3, 0.4) is 0 Å². The zero-order chi connectivity index (χ0) is 16.7. The van der Waals surface area contributed by atoms with Crippen LogP contribution in [0.2, 0.25) is 0 Å². The average molecular weight is 488 g/mol. The van der Waals surface area contributed by atoms with Crippen LogP contribution in [-0.4, -0.2) is 25.8 Å². The number of halogens is 2. The number of methoxy groups -OCH3 is 1. The van der Waals surface area contributed by atoms with Crippen molar-refractivity contribution in [2.75, 3.05) is 19.0 Å². The van der Waals surface area contributed by atoms with Gasteiger partial charge in [0.25, 0.3) is 5.91 Å². The molecule has 0 unspecified atom stereocenters. The highest BCUT2D eigenvalue weighted by molar-refractivity contribution is 14.1. The Morgan fingerprint density at radius 1 is 1.30 bits per heavy atom. The molecule has 0 saturated heterocycles. The summed E-state index contributed by atoms with van der Waals surface area (Å²) in [6.07, 6.45) is 1.58. The van der Waals surface area contributed by atoms with E-state index in [0.717, 1.165) is 25.0 Å². The van der Waals surface area contributed by atoms with Gasteiger partial charge in [0.2, 0.25) is 0 Å². The summed E-state index contributed by atoms with van der Waals surface area (Å²) in [7, 11) is 1.61. The van der Waals surface area contributed by atoms with Gasteiger partial charge in [-0.25, -0.2) is 5.43 Å². The number of hydrogen-bond acceptors (Lipinski definition) is 4. The van der Waals surface area contributed by atoms with E-state index >= 15 is 0 Å². The third-order valence-corrected chi connectivity index (χ3v) is 4.21. The van der Waals surface area contributed by atoms with E-state index in [2.05, 4.69) is 54.4 Å². The fourth-order valence-corrected chi connectivity index (χ4v) is 2.65. The summed E-state index contributed by atoms with van der Waals surface area (Å²) >= 11 is 5.63. The normalized spacial score (nSPS) is 10.6. The van der Waals surface area contributed by atoms with Gasteiger partial charge in [-0.05, 0) is 86.5 Å². The summed E-state index contributed by atoms with van der Waals surface area (Å²) in [5, 5.41) is 6.97. The molecule has 0 atom stereocenters. The molecule has 2 aromatic carbocycles. The van der Waals surface area contributed by atoms with E-state index in [4.69, 9.17) is 4.74 Å². The molecule has 0 fully saturated rings. The smallest absolute Gasteiger partial charge is 0.259 e. The number of carbonyl (C=O) groups excluding carboxylic acids is 1. The van der Waals surface area contributed by atoms with Crippen molar-refractivity contribution in [3.05, 3.63) is 56.1 Å². The summed E-state index contributed by atoms with van der Waals surface area (Å²) in [6.45, 7) is 0.157. The van der Waals surface area contributed by atoms with Gasteiger partial charge in [-0.1, -0.05) is 0 Å². The monoisotopic (exact) mass is 487 g/mol. The lowest BCUT2D eigenvalue weighted by Crippen LogP contribution is -2.25. The van der Waals surface area contributed by atoms with Gasteiger partial charge < -0.3 is 10.1 Å². The molecule has 0 spiro atoms. The lowest BCUT2D eigenvalue weighted by atomic mass is 10.2. The largest absolute Gasteiger partial charge is 0.496 e. The van der Waals surface area contributed by atoms with Crippen LogP contribution in [0.5, 0.6) is 5.75 Å². The fraction of sp³-hybridized carbons (Fsp3) is 0.125. The zero-order valence-electron chi connectivity index (χ0n) is 12.3. The molecule has 0 aromatic heterocycles. The second kappa shape index (κ2) is 8.88. The van der Waals surface area contributed by atoms with Gasteiger partial charge in [-0.15, -0.1) is 0 Å². The van der Waals surface area contributed by atoms with Gasteiger partial charge in [-0.3, -0.25) is 4.79 Å². The second-order valence-electron chi connectivity index (χ2n) is 4.55. The van der Waals surface area contributed by atoms with Crippen LogP contribution in [0, 0.1) is 3.57 Å². The standard InChI is InChI=1S/C16H15BrIN3O2/c1-23-15-7-2-11(8-14(15)17)9-20-21-16(22)10-19-13-5-3-12(18)4-6-13/h2-9,19H,10H2,1H3,(H,21,22)/b20-9-. The lowest BCUT2D eigenvalue weighted by molar-refractivity contribution is -0.119. The molecule has 5 nitrogen and oxygen atoms in total. The first kappa shape index (κ1) is 17.7. The number of nitrogens with one attached hydrogen (secondary N) is 2. The van der Waals surface area contributed by atoms with Crippen LogP contribution >= 0.6 is 38.5 Å². The molecule has 120 valence electrons. The Balaban J connectivity index is 1.81. The van der Waals surface area contributed by atoms with E-state index in [9.17, 15) is 4.79 Å². The van der Waals surface area contributed by atoms with Crippen molar-refractivity contribution in [3.63, 3.8) is 0 Å². The predicted molar refractivity (Wildman–Crippen MR) is 104 cm³/mol. The first-order valence-electron chi connectivity index (χ1n) is 6.73. The van der Waals surface area contributed by atoms with Crippen LogP contribution in [0.4, 0.5) is 5.69 Å². The molecule has 0 aliphatic heterocycles. The van der Waals surface area contributed by atoms with Crippen molar-refractivity contribution >= 4 is 56.3 Å². The maximum atomic E-state index is 11.7. The third kappa shape index (κ3) is 5.83. The van der Waals surface area contributed by atoms with Crippen LogP contribution < -0.4 is 15.5 Å². The molecule has 0 radical (unpaired) electrons. The molecule has 7 heteroatoms. The first-order valence-corrected chi connectivity index (χ1v) is 8.60. The van der Waals surface area contributed by atoms with Crippen LogP contribution in [0.1, 0.15) is 5.56 Å². The quantitative estimate of drug-likeness (QED) is 0.371. The number of nitrogens with zero attached hydrogens (tertiary/aromatic N) is 1. The second-order valence-corrected chi connectivity index (χ2v) is 6.65. The predicted octanol–water partition coefficient (Wildman–Crippen LogP) is 3.62. The van der Waals surface area contributed by atoms with Gasteiger partial charge in [-0.2, -0.15) is 5.10 Å². The van der Waals surface area contributed by atoms with Gasteiger partial charge in [0.1, 0.15) is 5.75 Å². The van der Waals surface area contributed by atoms with E-state index < -0.39 is 0 Å². The number of ether oxygens (including phenoxy) is 1. The maximum Gasteiger partial charge on any atom is 0.259 e. The first-order chi connectivity index (χ1) is 11.1. The Kier molecular flexibility index (Phi) is 6.85. The van der Waals surface area contributed by atoms with E-state index in [1.165, 1.54) is 0 Å². The molecule has 2 N–H and O–H groups in total. The Morgan fingerprint density at radius 2 is 2.04 bits per heavy atom. The molecule has 0 aliphatic carbocycles. The highest BCUT2D eigenvalue weighted by Crippen LogP contribution is 2.24. The van der Waals surface area contributed by atoms with Crippen molar-refractivity contribution in [3.8, 4) is 5.75 Å². The topological polar surface area (TPSA) is 62.7 Å². The Labute approximate surface area is 156 Å². The molecule has 2 aromatic rings. The van der Waals surface area contributed by atoms with E-state index in [1.807, 2.05) is 42.5 Å². The summed E-state index contributed by atoms with van der Waals surface area (Å²) < 4.78 is 7.13. The third-order valence-electron chi connectivity index (χ3n) is 2.88. The lowest BCUT2D eigenvalue weighted by Gasteiger charge is -2.05. The van der Waals surface area contributed by atoms with E-state index in [-0.39, 0.29) is 12.5 Å². The SMILES string of the molecule is COc1ccc(/C=N\NC(=O)CNc2ccc(I)cc2)cc1Br. The highest BCUT2D eigenvalue weighted by atomic mass is 127. The minimum atomic E-state index is -0.215. The minimum absolute atomic E-state index is 0.157. The van der Waals surface area contributed by atoms with Crippen molar-refractivity contribution < 1.29 is 9.53 Å². The number of anilines is 1. The highest BCUT2D eigenvalue weighted by Gasteiger charge is 2.01.